The summed E-state index contributed by atoms with van der Waals surface area (Å²) in [6, 6.07) is 13.8. The van der Waals surface area contributed by atoms with Crippen molar-refractivity contribution in [3.05, 3.63) is 101 Å². The second-order valence-electron chi connectivity index (χ2n) is 9.53. The van der Waals surface area contributed by atoms with Gasteiger partial charge >= 0.3 is 5.97 Å². The number of nitrogens with zero attached hydrogens (tertiary/aromatic N) is 2. The number of carbonyl (C=O) groups excluding carboxylic acids is 3. The van der Waals surface area contributed by atoms with E-state index >= 15 is 0 Å². The van der Waals surface area contributed by atoms with E-state index in [-0.39, 0.29) is 34.7 Å². The first-order valence-electron chi connectivity index (χ1n) is 12.7. The minimum Gasteiger partial charge on any atom is -0.458 e. The Morgan fingerprint density at radius 1 is 1.05 bits per heavy atom. The van der Waals surface area contributed by atoms with Crippen LogP contribution in [0, 0.1) is 11.6 Å². The standard InChI is InChI=1S/C30H29F2N3O4/c1-19(2)39-30(38)28-25(4-3-15-33-28)29(37)35-16-13-21(14-17-35)20-6-10-24(11-7-20)34-27(36)12-8-22-5-9-23(31)18-26(22)32/h3-12,15,18-19,21H,13-14,16-17H2,1-2H3,(H,34,36)/b12-8+. The maximum atomic E-state index is 13.7. The van der Waals surface area contributed by atoms with Crippen LogP contribution in [0.2, 0.25) is 0 Å². The number of carbonyl (C=O) groups is 3. The number of aromatic nitrogens is 1. The van der Waals surface area contributed by atoms with E-state index in [2.05, 4.69) is 10.3 Å². The average Bonchev–Trinajstić information content (AvgIpc) is 2.92. The van der Waals surface area contributed by atoms with Crippen LogP contribution in [0.1, 0.15) is 64.6 Å². The van der Waals surface area contributed by atoms with E-state index < -0.39 is 23.5 Å². The molecule has 0 unspecified atom stereocenters. The molecule has 0 aliphatic carbocycles. The van der Waals surface area contributed by atoms with Crippen LogP contribution in [0.25, 0.3) is 6.08 Å². The molecule has 1 N–H and O–H groups in total. The SMILES string of the molecule is CC(C)OC(=O)c1ncccc1C(=O)N1CCC(c2ccc(NC(=O)/C=C/c3ccc(F)cc3F)cc2)CC1. The van der Waals surface area contributed by atoms with Gasteiger partial charge in [0.25, 0.3) is 5.91 Å². The number of halogens is 2. The van der Waals surface area contributed by atoms with Crippen LogP contribution in [0.5, 0.6) is 0 Å². The Kier molecular flexibility index (Phi) is 8.81. The van der Waals surface area contributed by atoms with E-state index in [9.17, 15) is 23.2 Å². The van der Waals surface area contributed by atoms with E-state index in [0.29, 0.717) is 18.8 Å². The number of rotatable bonds is 7. The summed E-state index contributed by atoms with van der Waals surface area (Å²) in [5.74, 6) is -2.49. The number of pyridine rings is 1. The average molecular weight is 534 g/mol. The van der Waals surface area contributed by atoms with Gasteiger partial charge in [0.05, 0.1) is 11.7 Å². The zero-order valence-electron chi connectivity index (χ0n) is 21.7. The predicted molar refractivity (Wildman–Crippen MR) is 143 cm³/mol. The van der Waals surface area contributed by atoms with E-state index in [1.54, 1.807) is 43.0 Å². The Morgan fingerprint density at radius 2 is 1.77 bits per heavy atom. The van der Waals surface area contributed by atoms with Gasteiger partial charge in [-0.1, -0.05) is 12.1 Å². The molecule has 0 bridgehead atoms. The number of hydrogen-bond donors (Lipinski definition) is 1. The van der Waals surface area contributed by atoms with Crippen LogP contribution in [-0.2, 0) is 9.53 Å². The van der Waals surface area contributed by atoms with Crippen LogP contribution in [-0.4, -0.2) is 46.9 Å². The summed E-state index contributed by atoms with van der Waals surface area (Å²) >= 11 is 0. The third kappa shape index (κ3) is 7.13. The van der Waals surface area contributed by atoms with Gasteiger partial charge in [-0.3, -0.25) is 9.59 Å². The minimum absolute atomic E-state index is 0.0219. The van der Waals surface area contributed by atoms with Gasteiger partial charge < -0.3 is 15.0 Å². The Bertz CT molecular complexity index is 1380. The molecule has 2 aromatic carbocycles. The molecule has 39 heavy (non-hydrogen) atoms. The van der Waals surface area contributed by atoms with Gasteiger partial charge in [0, 0.05) is 42.7 Å². The van der Waals surface area contributed by atoms with Crippen LogP contribution in [0.4, 0.5) is 14.5 Å². The molecule has 1 aromatic heterocycles. The summed E-state index contributed by atoms with van der Waals surface area (Å²) in [6.07, 6.45) is 5.11. The molecular formula is C30H29F2N3O4. The smallest absolute Gasteiger partial charge is 0.358 e. The largest absolute Gasteiger partial charge is 0.458 e. The van der Waals surface area contributed by atoms with Crippen molar-refractivity contribution in [2.75, 3.05) is 18.4 Å². The van der Waals surface area contributed by atoms with Crippen molar-refractivity contribution in [1.29, 1.82) is 0 Å². The fourth-order valence-corrected chi connectivity index (χ4v) is 4.42. The van der Waals surface area contributed by atoms with Crippen LogP contribution >= 0.6 is 0 Å². The van der Waals surface area contributed by atoms with E-state index in [0.717, 1.165) is 30.5 Å². The molecule has 0 saturated carbocycles. The summed E-state index contributed by atoms with van der Waals surface area (Å²) in [7, 11) is 0. The van der Waals surface area contributed by atoms with Gasteiger partial charge in [0.1, 0.15) is 11.6 Å². The zero-order chi connectivity index (χ0) is 27.9. The normalized spacial score (nSPS) is 14.0. The van der Waals surface area contributed by atoms with Gasteiger partial charge in [0.15, 0.2) is 5.69 Å². The molecule has 1 fully saturated rings. The summed E-state index contributed by atoms with van der Waals surface area (Å²) in [4.78, 5) is 43.6. The van der Waals surface area contributed by atoms with Gasteiger partial charge in [-0.2, -0.15) is 0 Å². The van der Waals surface area contributed by atoms with Crippen molar-refractivity contribution in [3.63, 3.8) is 0 Å². The summed E-state index contributed by atoms with van der Waals surface area (Å²) in [5, 5.41) is 2.72. The van der Waals surface area contributed by atoms with Crippen molar-refractivity contribution in [2.24, 2.45) is 0 Å². The summed E-state index contributed by atoms with van der Waals surface area (Å²) in [6.45, 7) is 4.53. The first kappa shape index (κ1) is 27.6. The summed E-state index contributed by atoms with van der Waals surface area (Å²) < 4.78 is 32.0. The molecule has 0 radical (unpaired) electrons. The minimum atomic E-state index is -0.745. The molecule has 2 heterocycles. The predicted octanol–water partition coefficient (Wildman–Crippen LogP) is 5.60. The molecule has 3 aromatic rings. The molecule has 0 atom stereocenters. The first-order chi connectivity index (χ1) is 18.7. The lowest BCUT2D eigenvalue weighted by atomic mass is 9.89. The van der Waals surface area contributed by atoms with Crippen LogP contribution in [0.15, 0.2) is 66.9 Å². The molecule has 1 aliphatic rings. The first-order valence-corrected chi connectivity index (χ1v) is 12.7. The third-order valence-electron chi connectivity index (χ3n) is 6.38. The maximum absolute atomic E-state index is 13.7. The molecular weight excluding hydrogens is 504 g/mol. The van der Waals surface area contributed by atoms with Crippen molar-refractivity contribution in [1.82, 2.24) is 9.88 Å². The molecule has 4 rings (SSSR count). The topological polar surface area (TPSA) is 88.6 Å². The number of nitrogens with one attached hydrogen (secondary N) is 1. The second-order valence-corrected chi connectivity index (χ2v) is 9.53. The van der Waals surface area contributed by atoms with Crippen molar-refractivity contribution in [3.8, 4) is 0 Å². The Hall–Kier alpha value is -4.40. The number of esters is 1. The molecule has 7 nitrogen and oxygen atoms in total. The highest BCUT2D eigenvalue weighted by atomic mass is 19.1. The van der Waals surface area contributed by atoms with Crippen molar-refractivity contribution < 1.29 is 27.9 Å². The number of hydrogen-bond acceptors (Lipinski definition) is 5. The Balaban J connectivity index is 1.32. The van der Waals surface area contributed by atoms with Crippen molar-refractivity contribution in [2.45, 2.75) is 38.7 Å². The van der Waals surface area contributed by atoms with Crippen LogP contribution in [0.3, 0.4) is 0 Å². The highest BCUT2D eigenvalue weighted by Crippen LogP contribution is 2.30. The number of piperidine rings is 1. The maximum Gasteiger partial charge on any atom is 0.358 e. The van der Waals surface area contributed by atoms with Crippen molar-refractivity contribution >= 4 is 29.5 Å². The molecule has 9 heteroatoms. The molecule has 1 aliphatic heterocycles. The summed E-state index contributed by atoms with van der Waals surface area (Å²) in [5.41, 5.74) is 2.04. The molecule has 2 amide bonds. The molecule has 0 spiro atoms. The van der Waals surface area contributed by atoms with E-state index in [4.69, 9.17) is 4.74 Å². The number of benzene rings is 2. The number of likely N-dealkylation sites (tertiary alicyclic amines) is 1. The number of amides is 2. The lowest BCUT2D eigenvalue weighted by molar-refractivity contribution is -0.111. The highest BCUT2D eigenvalue weighted by molar-refractivity contribution is 6.04. The highest BCUT2D eigenvalue weighted by Gasteiger charge is 2.28. The monoisotopic (exact) mass is 533 g/mol. The van der Waals surface area contributed by atoms with Gasteiger partial charge in [-0.15, -0.1) is 0 Å². The van der Waals surface area contributed by atoms with Gasteiger partial charge in [-0.05, 0) is 80.6 Å². The second kappa shape index (κ2) is 12.4. The lowest BCUT2D eigenvalue weighted by Crippen LogP contribution is -2.38. The fourth-order valence-electron chi connectivity index (χ4n) is 4.42. The van der Waals surface area contributed by atoms with E-state index in [1.807, 2.05) is 12.1 Å². The Morgan fingerprint density at radius 3 is 2.44 bits per heavy atom. The zero-order valence-corrected chi connectivity index (χ0v) is 21.7. The molecule has 1 saturated heterocycles. The Labute approximate surface area is 225 Å². The van der Waals surface area contributed by atoms with Gasteiger partial charge in [0.2, 0.25) is 5.91 Å². The fraction of sp³-hybridized carbons (Fsp3) is 0.267. The van der Waals surface area contributed by atoms with E-state index in [1.165, 1.54) is 24.4 Å². The van der Waals surface area contributed by atoms with Gasteiger partial charge in [-0.25, -0.2) is 18.6 Å². The molecule has 202 valence electrons. The lowest BCUT2D eigenvalue weighted by Gasteiger charge is -2.32. The number of ether oxygens (including phenoxy) is 1. The quantitative estimate of drug-likeness (QED) is 0.316. The third-order valence-corrected chi connectivity index (χ3v) is 6.38. The van der Waals surface area contributed by atoms with Crippen LogP contribution < -0.4 is 5.32 Å². The number of anilines is 1.